The van der Waals surface area contributed by atoms with E-state index in [1.807, 2.05) is 60.7 Å². The van der Waals surface area contributed by atoms with Gasteiger partial charge >= 0.3 is 0 Å². The zero-order valence-electron chi connectivity index (χ0n) is 15.9. The minimum atomic E-state index is 0.124. The van der Waals surface area contributed by atoms with Crippen molar-refractivity contribution in [3.8, 4) is 0 Å². The molecule has 2 aromatic rings. The first kappa shape index (κ1) is 19.9. The molecule has 0 unspecified atom stereocenters. The standard InChI is InChI=1S/C24H24Cl2O/c1-24(2,3)20-14-18(12-16-4-8-21(25)9-5-16)23(27)19(15-20)13-17-6-10-22(26)11-7-17/h4-13,20H,14-15H2,1-3H3. The smallest absolute Gasteiger partial charge is 0.185 e. The summed E-state index contributed by atoms with van der Waals surface area (Å²) in [6, 6.07) is 15.2. The Balaban J connectivity index is 1.99. The van der Waals surface area contributed by atoms with E-state index in [0.29, 0.717) is 16.0 Å². The SMILES string of the molecule is CC(C)(C)C1CC(=Cc2ccc(Cl)cc2)C(=O)C(=Cc2ccc(Cl)cc2)C1. The highest BCUT2D eigenvalue weighted by atomic mass is 35.5. The highest BCUT2D eigenvalue weighted by Crippen LogP contribution is 2.42. The van der Waals surface area contributed by atoms with E-state index >= 15 is 0 Å². The molecule has 3 rings (SSSR count). The monoisotopic (exact) mass is 398 g/mol. The summed E-state index contributed by atoms with van der Waals surface area (Å²) in [5.41, 5.74) is 3.86. The lowest BCUT2D eigenvalue weighted by Gasteiger charge is -2.35. The Kier molecular flexibility index (Phi) is 5.93. The number of benzene rings is 2. The van der Waals surface area contributed by atoms with Gasteiger partial charge in [0.25, 0.3) is 0 Å². The maximum Gasteiger partial charge on any atom is 0.185 e. The fourth-order valence-corrected chi connectivity index (χ4v) is 3.63. The van der Waals surface area contributed by atoms with E-state index < -0.39 is 0 Å². The topological polar surface area (TPSA) is 17.1 Å². The predicted molar refractivity (Wildman–Crippen MR) is 116 cm³/mol. The number of allylic oxidation sites excluding steroid dienone is 2. The molecule has 0 spiro atoms. The number of ketones is 1. The number of hydrogen-bond acceptors (Lipinski definition) is 1. The molecular formula is C24H24Cl2O. The molecule has 1 fully saturated rings. The first-order chi connectivity index (χ1) is 12.7. The Labute approximate surface area is 171 Å². The maximum atomic E-state index is 13.2. The van der Waals surface area contributed by atoms with E-state index in [2.05, 4.69) is 20.8 Å². The first-order valence-electron chi connectivity index (χ1n) is 9.19. The molecule has 3 heteroatoms. The molecule has 140 valence electrons. The van der Waals surface area contributed by atoms with Crippen LogP contribution in [0.3, 0.4) is 0 Å². The van der Waals surface area contributed by atoms with E-state index in [0.717, 1.165) is 35.1 Å². The molecular weight excluding hydrogens is 375 g/mol. The van der Waals surface area contributed by atoms with Gasteiger partial charge in [0.1, 0.15) is 0 Å². The Hall–Kier alpha value is -1.83. The largest absolute Gasteiger partial charge is 0.289 e. The quantitative estimate of drug-likeness (QED) is 0.478. The van der Waals surface area contributed by atoms with Gasteiger partial charge in [-0.25, -0.2) is 0 Å². The second kappa shape index (κ2) is 8.04. The van der Waals surface area contributed by atoms with Gasteiger partial charge in [0, 0.05) is 21.2 Å². The number of halogens is 2. The maximum absolute atomic E-state index is 13.2. The van der Waals surface area contributed by atoms with E-state index in [1.165, 1.54) is 0 Å². The average Bonchev–Trinajstić information content (AvgIpc) is 2.61. The van der Waals surface area contributed by atoms with Gasteiger partial charge in [-0.3, -0.25) is 4.79 Å². The molecule has 0 amide bonds. The second-order valence-corrected chi connectivity index (χ2v) is 9.12. The Morgan fingerprint density at radius 3 is 1.48 bits per heavy atom. The zero-order chi connectivity index (χ0) is 19.6. The van der Waals surface area contributed by atoms with Crippen LogP contribution >= 0.6 is 23.2 Å². The predicted octanol–water partition coefficient (Wildman–Crippen LogP) is 7.49. The molecule has 0 atom stereocenters. The van der Waals surface area contributed by atoms with Crippen molar-refractivity contribution >= 4 is 41.1 Å². The van der Waals surface area contributed by atoms with Gasteiger partial charge in [-0.2, -0.15) is 0 Å². The molecule has 0 saturated heterocycles. The van der Waals surface area contributed by atoms with Gasteiger partial charge in [0.2, 0.25) is 0 Å². The Bertz CT molecular complexity index is 814. The first-order valence-corrected chi connectivity index (χ1v) is 9.95. The molecule has 1 saturated carbocycles. The van der Waals surface area contributed by atoms with Crippen LogP contribution in [0.2, 0.25) is 10.0 Å². The van der Waals surface area contributed by atoms with E-state index in [4.69, 9.17) is 23.2 Å². The highest BCUT2D eigenvalue weighted by molar-refractivity contribution is 6.30. The van der Waals surface area contributed by atoms with Gasteiger partial charge in [0.05, 0.1) is 0 Å². The molecule has 0 bridgehead atoms. The van der Waals surface area contributed by atoms with Crippen LogP contribution < -0.4 is 0 Å². The third-order valence-corrected chi connectivity index (χ3v) is 5.67. The van der Waals surface area contributed by atoms with Crippen LogP contribution in [0.4, 0.5) is 0 Å². The fraction of sp³-hybridized carbons (Fsp3) is 0.292. The van der Waals surface area contributed by atoms with E-state index in [-0.39, 0.29) is 11.2 Å². The van der Waals surface area contributed by atoms with Gasteiger partial charge < -0.3 is 0 Å². The van der Waals surface area contributed by atoms with Crippen LogP contribution in [0.1, 0.15) is 44.7 Å². The number of carbonyl (C=O) groups excluding carboxylic acids is 1. The van der Waals surface area contributed by atoms with Crippen molar-refractivity contribution in [2.75, 3.05) is 0 Å². The molecule has 27 heavy (non-hydrogen) atoms. The summed E-state index contributed by atoms with van der Waals surface area (Å²) in [5.74, 6) is 0.549. The van der Waals surface area contributed by atoms with Crippen LogP contribution in [0, 0.1) is 11.3 Å². The summed E-state index contributed by atoms with van der Waals surface area (Å²) >= 11 is 12.0. The number of carbonyl (C=O) groups is 1. The summed E-state index contributed by atoms with van der Waals surface area (Å²) in [4.78, 5) is 13.2. The normalized spacial score (nSPS) is 21.1. The van der Waals surface area contributed by atoms with E-state index in [9.17, 15) is 4.79 Å². The molecule has 0 N–H and O–H groups in total. The third kappa shape index (κ3) is 5.12. The van der Waals surface area contributed by atoms with Crippen LogP contribution in [0.15, 0.2) is 59.7 Å². The minimum absolute atomic E-state index is 0.124. The average molecular weight is 399 g/mol. The van der Waals surface area contributed by atoms with E-state index in [1.54, 1.807) is 0 Å². The van der Waals surface area contributed by atoms with Gasteiger partial charge in [-0.1, -0.05) is 68.2 Å². The van der Waals surface area contributed by atoms with Crippen LogP contribution in [-0.2, 0) is 4.79 Å². The molecule has 1 aliphatic carbocycles. The molecule has 0 aromatic heterocycles. The molecule has 1 nitrogen and oxygen atoms in total. The molecule has 0 heterocycles. The summed E-state index contributed by atoms with van der Waals surface area (Å²) in [7, 11) is 0. The summed E-state index contributed by atoms with van der Waals surface area (Å²) in [6.45, 7) is 6.73. The van der Waals surface area contributed by atoms with Crippen LogP contribution in [-0.4, -0.2) is 5.78 Å². The Morgan fingerprint density at radius 2 is 1.15 bits per heavy atom. The third-order valence-electron chi connectivity index (χ3n) is 5.16. The second-order valence-electron chi connectivity index (χ2n) is 8.24. The van der Waals surface area contributed by atoms with Gasteiger partial charge in [-0.05, 0) is 71.7 Å². The van der Waals surface area contributed by atoms with Crippen LogP contribution in [0.5, 0.6) is 0 Å². The fourth-order valence-electron chi connectivity index (χ4n) is 3.38. The van der Waals surface area contributed by atoms with Gasteiger partial charge in [-0.15, -0.1) is 0 Å². The van der Waals surface area contributed by atoms with Crippen molar-refractivity contribution in [2.24, 2.45) is 11.3 Å². The summed E-state index contributed by atoms with van der Waals surface area (Å²) < 4.78 is 0. The van der Waals surface area contributed by atoms with Crippen molar-refractivity contribution in [1.82, 2.24) is 0 Å². The lowest BCUT2D eigenvalue weighted by atomic mass is 9.68. The van der Waals surface area contributed by atoms with Crippen LogP contribution in [0.25, 0.3) is 12.2 Å². The molecule has 0 radical (unpaired) electrons. The lowest BCUT2D eigenvalue weighted by Crippen LogP contribution is -2.29. The number of rotatable bonds is 2. The molecule has 1 aliphatic rings. The Morgan fingerprint density at radius 1 is 0.778 bits per heavy atom. The number of Topliss-reactive ketones (excluding diaryl/α,β-unsaturated/α-hetero) is 1. The van der Waals surface area contributed by atoms with Crippen molar-refractivity contribution < 1.29 is 4.79 Å². The zero-order valence-corrected chi connectivity index (χ0v) is 17.4. The van der Waals surface area contributed by atoms with Crippen molar-refractivity contribution in [3.05, 3.63) is 80.8 Å². The lowest BCUT2D eigenvalue weighted by molar-refractivity contribution is -0.113. The summed E-state index contributed by atoms with van der Waals surface area (Å²) in [5, 5.41) is 1.39. The molecule has 0 aliphatic heterocycles. The highest BCUT2D eigenvalue weighted by Gasteiger charge is 2.34. The summed E-state index contributed by atoms with van der Waals surface area (Å²) in [6.07, 6.45) is 5.60. The minimum Gasteiger partial charge on any atom is -0.289 e. The number of hydrogen-bond donors (Lipinski definition) is 0. The van der Waals surface area contributed by atoms with Crippen molar-refractivity contribution in [3.63, 3.8) is 0 Å². The van der Waals surface area contributed by atoms with Crippen molar-refractivity contribution in [2.45, 2.75) is 33.6 Å². The van der Waals surface area contributed by atoms with Gasteiger partial charge in [0.15, 0.2) is 5.78 Å². The molecule has 2 aromatic carbocycles. The van der Waals surface area contributed by atoms with Crippen molar-refractivity contribution in [1.29, 1.82) is 0 Å².